The molecule has 4 aliphatic rings. The summed E-state index contributed by atoms with van der Waals surface area (Å²) < 4.78 is 55.1. The number of halogens is 3. The number of rotatable bonds is 17. The summed E-state index contributed by atoms with van der Waals surface area (Å²) in [6.45, 7) is 15.8. The number of ether oxygens (including phenoxy) is 1. The van der Waals surface area contributed by atoms with Crippen molar-refractivity contribution in [1.82, 2.24) is 99.5 Å². The van der Waals surface area contributed by atoms with E-state index in [4.69, 9.17) is 4.74 Å². The molecule has 4 fully saturated rings. The quantitative estimate of drug-likeness (QED) is 0.0661. The van der Waals surface area contributed by atoms with Crippen molar-refractivity contribution < 1.29 is 37.1 Å². The minimum absolute atomic E-state index is 0.0592. The van der Waals surface area contributed by atoms with Gasteiger partial charge in [0.2, 0.25) is 0 Å². The number of fused-ring (bicyclic) bond motifs is 4. The Labute approximate surface area is 701 Å². The van der Waals surface area contributed by atoms with Crippen molar-refractivity contribution in [3.63, 3.8) is 0 Å². The number of aromatic amines is 4. The summed E-state index contributed by atoms with van der Waals surface area (Å²) in [6, 6.07) is 50.7. The molecule has 4 saturated heterocycles. The van der Waals surface area contributed by atoms with E-state index in [9.17, 15) is 32.3 Å². The number of aromatic nitrogens is 16. The van der Waals surface area contributed by atoms with Gasteiger partial charge in [0.05, 0.1) is 89.9 Å². The van der Waals surface area contributed by atoms with Crippen LogP contribution in [0.1, 0.15) is 100 Å². The summed E-state index contributed by atoms with van der Waals surface area (Å²) in [6.07, 6.45) is 25.9. The molecule has 28 heteroatoms. The Balaban J connectivity index is 0.000000116. The average Bonchev–Trinajstić information content (AvgIpc) is 1.66. The maximum Gasteiger partial charge on any atom is 0.257 e. The maximum absolute atomic E-state index is 14.1. The van der Waals surface area contributed by atoms with Crippen LogP contribution >= 0.6 is 0 Å². The number of likely N-dealkylation sites (tertiary alicyclic amines) is 4. The highest BCUT2D eigenvalue weighted by Gasteiger charge is 2.39. The normalized spacial score (nSPS) is 18.8. The summed E-state index contributed by atoms with van der Waals surface area (Å²) in [5, 5.41) is 50.1. The molecule has 620 valence electrons. The van der Waals surface area contributed by atoms with Gasteiger partial charge in [0.15, 0.2) is 11.6 Å². The number of amides is 4. The summed E-state index contributed by atoms with van der Waals surface area (Å²) in [4.78, 5) is 59.1. The van der Waals surface area contributed by atoms with E-state index >= 15 is 0 Å². The van der Waals surface area contributed by atoms with Crippen LogP contribution in [-0.4, -0.2) is 181 Å². The fourth-order valence-corrected chi connectivity index (χ4v) is 17.9. The van der Waals surface area contributed by atoms with E-state index in [0.717, 1.165) is 158 Å². The van der Waals surface area contributed by atoms with Crippen LogP contribution in [0.4, 0.5) is 13.2 Å². The second-order valence-corrected chi connectivity index (χ2v) is 32.7. The Hall–Kier alpha value is -14.1. The lowest BCUT2D eigenvalue weighted by Gasteiger charge is -2.22. The van der Waals surface area contributed by atoms with Crippen LogP contribution in [-0.2, 0) is 26.2 Å². The monoisotopic (exact) mass is 1640 g/mol. The van der Waals surface area contributed by atoms with Gasteiger partial charge in [-0.3, -0.25) is 58.3 Å². The lowest BCUT2D eigenvalue weighted by atomic mass is 10.1. The van der Waals surface area contributed by atoms with Crippen molar-refractivity contribution in [3.8, 4) is 50.3 Å². The molecule has 4 amide bonds. The molecular weight excluding hydrogens is 1550 g/mol. The van der Waals surface area contributed by atoms with Crippen molar-refractivity contribution in [2.24, 2.45) is 23.7 Å². The summed E-state index contributed by atoms with van der Waals surface area (Å²) in [5.74, 6) is -1.19. The molecular formula is C94H93F3N20O5. The van der Waals surface area contributed by atoms with Crippen LogP contribution < -0.4 is 4.74 Å². The number of carbonyl (C=O) groups is 4. The van der Waals surface area contributed by atoms with Gasteiger partial charge in [-0.2, -0.15) is 40.8 Å². The smallest absolute Gasteiger partial charge is 0.257 e. The number of methoxy groups -OCH3 is 1. The van der Waals surface area contributed by atoms with E-state index in [-0.39, 0.29) is 64.9 Å². The van der Waals surface area contributed by atoms with Crippen molar-refractivity contribution in [2.45, 2.75) is 111 Å². The van der Waals surface area contributed by atoms with Crippen molar-refractivity contribution in [1.29, 1.82) is 0 Å². The number of carbonyl (C=O) groups excluding carboxylic acids is 4. The second kappa shape index (κ2) is 35.1. The molecule has 20 rings (SSSR count). The topological polar surface area (TPSA) is 276 Å². The molecule has 0 radical (unpaired) electrons. The van der Waals surface area contributed by atoms with E-state index < -0.39 is 23.4 Å². The fraction of sp³-hybridized carbons (Fsp3) is 0.277. The Morgan fingerprint density at radius 1 is 0.361 bits per heavy atom. The van der Waals surface area contributed by atoms with Crippen molar-refractivity contribution in [2.75, 3.05) is 33.3 Å². The first-order valence-corrected chi connectivity index (χ1v) is 41.2. The summed E-state index contributed by atoms with van der Waals surface area (Å²) in [7, 11) is 1.62. The van der Waals surface area contributed by atoms with E-state index in [0.29, 0.717) is 42.8 Å². The number of nitrogens with zero attached hydrogens (tertiary/aromatic N) is 16. The van der Waals surface area contributed by atoms with Crippen LogP contribution in [0.15, 0.2) is 238 Å². The van der Waals surface area contributed by atoms with Crippen LogP contribution in [0.5, 0.6) is 5.75 Å². The number of aryl methyl sites for hydroxylation is 1. The molecule has 4 aliphatic heterocycles. The first kappa shape index (κ1) is 80.4. The van der Waals surface area contributed by atoms with Gasteiger partial charge >= 0.3 is 0 Å². The van der Waals surface area contributed by atoms with Crippen molar-refractivity contribution in [3.05, 3.63) is 283 Å². The van der Waals surface area contributed by atoms with E-state index in [1.807, 2.05) is 157 Å². The van der Waals surface area contributed by atoms with Gasteiger partial charge in [-0.15, -0.1) is 0 Å². The van der Waals surface area contributed by atoms with Gasteiger partial charge in [-0.05, 0) is 209 Å². The van der Waals surface area contributed by atoms with Gasteiger partial charge in [0, 0.05) is 156 Å². The van der Waals surface area contributed by atoms with Crippen molar-refractivity contribution >= 4 is 67.2 Å². The van der Waals surface area contributed by atoms with Gasteiger partial charge < -0.3 is 24.3 Å². The minimum Gasteiger partial charge on any atom is -0.497 e. The van der Waals surface area contributed by atoms with Crippen LogP contribution in [0.3, 0.4) is 0 Å². The molecule has 12 heterocycles. The molecule has 0 saturated carbocycles. The molecule has 4 N–H and O–H groups in total. The summed E-state index contributed by atoms with van der Waals surface area (Å²) in [5.41, 5.74) is 15.4. The fourth-order valence-electron chi connectivity index (χ4n) is 17.9. The van der Waals surface area contributed by atoms with Gasteiger partial charge in [-0.25, -0.2) is 13.2 Å². The zero-order valence-corrected chi connectivity index (χ0v) is 68.5. The third-order valence-corrected chi connectivity index (χ3v) is 24.2. The largest absolute Gasteiger partial charge is 0.497 e. The SMILES string of the molecule is COc1cccc(C(=O)N2CC(Cn3ncc4cc(-c5cn[nH]c5)ccc43)C[C@@H]2C)c1.C[C@H]1CC(Cn2ncc3cc(-c4cn[nH]c4)ccc32)CN1C(=O)c1cccc(F)c1F.C[C@H]1CC(Cn2ncc3cc(-c4cn[nH]c4)ccc32)CN1C(=O)c1ccccc1F.Cc1ccc(C(=O)N2CC(Cn3ncc4cc(-c5cn[nH]c5)ccc43)C[C@@H]2C)cc1. The summed E-state index contributed by atoms with van der Waals surface area (Å²) >= 11 is 0. The number of hydrogen-bond donors (Lipinski definition) is 4. The molecule has 0 aliphatic carbocycles. The molecule has 0 bridgehead atoms. The molecule has 25 nitrogen and oxygen atoms in total. The van der Waals surface area contributed by atoms with Crippen LogP contribution in [0.2, 0.25) is 0 Å². The van der Waals surface area contributed by atoms with E-state index in [1.165, 1.54) is 23.8 Å². The molecule has 16 aromatic rings. The number of nitrogens with one attached hydrogen (secondary N) is 4. The van der Waals surface area contributed by atoms with Gasteiger partial charge in [0.25, 0.3) is 23.6 Å². The highest BCUT2D eigenvalue weighted by molar-refractivity contribution is 5.97. The standard InChI is InChI=1S/C24H25N5O2.C24H25N5O.C23H21F2N5O.C23H22FN5O/c1-16-8-17(14-28(16)24(30)19-4-3-5-22(10-19)31-2)15-29-23-7-6-18(9-20(23)13-27-29)21-11-25-26-12-21;1-16-3-5-19(6-4-16)24(30)28-14-18(9-17(28)2)15-29-23-8-7-20(10-21(23)13-27-29)22-11-25-26-12-22;1-14-7-15(12-29(14)23(31)19-3-2-4-20(24)22(19)25)13-30-21-6-5-16(8-17(21)11-28-30)18-9-26-27-10-18;1-15-8-16(13-28(15)23(30)20-4-2-3-5-21(20)24)14-29-22-7-6-17(9-18(22)12-27-29)19-10-25-26-11-19/h3-7,9-13,16-17H,8,14-15H2,1-2H3,(H,25,26);3-8,10-13,17-18H,9,14-15H2,1-2H3,(H,25,26);2-6,8-11,14-15H,7,12-13H2,1H3,(H,26,27);2-7,9-12,15-16H,8,13-14H2,1H3,(H,25,26)/t16-,17?;17-,18?;14-,15?;15-,16?/m0000/s1. The Morgan fingerprint density at radius 3 is 1.06 bits per heavy atom. The minimum atomic E-state index is -1.09. The molecule has 122 heavy (non-hydrogen) atoms. The molecule has 8 atom stereocenters. The predicted molar refractivity (Wildman–Crippen MR) is 461 cm³/mol. The second-order valence-electron chi connectivity index (χ2n) is 32.7. The first-order valence-electron chi connectivity index (χ1n) is 41.2. The number of H-pyrrole nitrogens is 4. The molecule has 8 aromatic carbocycles. The lowest BCUT2D eigenvalue weighted by Crippen LogP contribution is -2.35. The zero-order chi connectivity index (χ0) is 84.2. The molecule has 0 spiro atoms. The Kier molecular flexibility index (Phi) is 23.1. The van der Waals surface area contributed by atoms with Crippen LogP contribution in [0.25, 0.3) is 88.1 Å². The van der Waals surface area contributed by atoms with Crippen LogP contribution in [0, 0.1) is 48.0 Å². The lowest BCUT2D eigenvalue weighted by molar-refractivity contribution is 0.0728. The zero-order valence-electron chi connectivity index (χ0n) is 68.5. The highest BCUT2D eigenvalue weighted by Crippen LogP contribution is 2.36. The van der Waals surface area contributed by atoms with Gasteiger partial charge in [0.1, 0.15) is 11.6 Å². The Morgan fingerprint density at radius 2 is 0.697 bits per heavy atom. The molecule has 4 unspecified atom stereocenters. The third-order valence-electron chi connectivity index (χ3n) is 24.2. The number of hydrogen-bond acceptors (Lipinski definition) is 13. The maximum atomic E-state index is 14.1. The molecule has 8 aromatic heterocycles. The number of benzene rings is 8. The van der Waals surface area contributed by atoms with Gasteiger partial charge in [-0.1, -0.05) is 66.2 Å². The predicted octanol–water partition coefficient (Wildman–Crippen LogP) is 16.6. The Bertz CT molecular complexity index is 6380. The highest BCUT2D eigenvalue weighted by atomic mass is 19.2. The third kappa shape index (κ3) is 17.1. The first-order chi connectivity index (χ1) is 59.3. The van der Waals surface area contributed by atoms with E-state index in [1.54, 1.807) is 53.6 Å². The average molecular weight is 1640 g/mol. The van der Waals surface area contributed by atoms with E-state index in [2.05, 4.69) is 145 Å².